The maximum Gasteiger partial charge on any atom is 0.343 e. The molecule has 0 bridgehead atoms. The Balaban J connectivity index is 1.60. The van der Waals surface area contributed by atoms with Crippen LogP contribution >= 0.6 is 11.3 Å². The molecule has 184 valence electrons. The zero-order valence-corrected chi connectivity index (χ0v) is 22.2. The van der Waals surface area contributed by atoms with E-state index in [4.69, 9.17) is 15.2 Å². The van der Waals surface area contributed by atoms with Gasteiger partial charge in [-0.25, -0.2) is 9.78 Å². The first kappa shape index (κ1) is 24.7. The number of nitrogen functional groups attached to an aromatic ring is 1. The molecule has 3 N–H and O–H groups in total. The van der Waals surface area contributed by atoms with Crippen molar-refractivity contribution < 1.29 is 19.4 Å². The summed E-state index contributed by atoms with van der Waals surface area (Å²) in [5.41, 5.74) is 10.1. The van der Waals surface area contributed by atoms with Gasteiger partial charge in [-0.2, -0.15) is 0 Å². The molecule has 0 saturated carbocycles. The van der Waals surface area contributed by atoms with Gasteiger partial charge < -0.3 is 29.8 Å². The van der Waals surface area contributed by atoms with Gasteiger partial charge in [0, 0.05) is 40.3 Å². The van der Waals surface area contributed by atoms with E-state index >= 15 is 0 Å². The van der Waals surface area contributed by atoms with E-state index in [1.165, 1.54) is 18.4 Å². The van der Waals surface area contributed by atoms with Crippen molar-refractivity contribution in [2.45, 2.75) is 38.8 Å². The number of hydrogen-bond donors (Lipinski definition) is 2. The first-order valence-electron chi connectivity index (χ1n) is 11.6. The van der Waals surface area contributed by atoms with Gasteiger partial charge in [-0.05, 0) is 30.2 Å². The molecule has 34 heavy (non-hydrogen) atoms. The monoisotopic (exact) mass is 502 g/mol. The Labute approximate surface area is 205 Å². The highest BCUT2D eigenvalue weighted by molar-refractivity contribution is 7.20. The zero-order valence-electron chi connectivity index (χ0n) is 20.3. The van der Waals surface area contributed by atoms with Crippen LogP contribution in [0.25, 0.3) is 21.5 Å². The zero-order chi connectivity index (χ0) is 24.5. The number of esters is 1. The number of thiophene rings is 1. The fourth-order valence-corrected chi connectivity index (χ4v) is 6.18. The molecule has 10 heteroatoms. The number of methoxy groups -OCH3 is 1. The summed E-state index contributed by atoms with van der Waals surface area (Å²) in [7, 11) is 0.246. The van der Waals surface area contributed by atoms with Crippen molar-refractivity contribution in [1.82, 2.24) is 9.55 Å². The minimum Gasteiger partial charge on any atom is -0.465 e. The molecule has 0 amide bonds. The molecule has 0 radical (unpaired) electrons. The van der Waals surface area contributed by atoms with Crippen LogP contribution in [-0.4, -0.2) is 62.1 Å². The smallest absolute Gasteiger partial charge is 0.343 e. The van der Waals surface area contributed by atoms with Crippen molar-refractivity contribution in [2.75, 3.05) is 44.0 Å². The van der Waals surface area contributed by atoms with Crippen LogP contribution in [-0.2, 0) is 16.2 Å². The van der Waals surface area contributed by atoms with Gasteiger partial charge >= 0.3 is 5.97 Å². The van der Waals surface area contributed by atoms with Crippen LogP contribution in [0.15, 0.2) is 24.5 Å². The van der Waals surface area contributed by atoms with Gasteiger partial charge in [0.2, 0.25) is 0 Å². The average Bonchev–Trinajstić information content (AvgIpc) is 3.52. The van der Waals surface area contributed by atoms with E-state index < -0.39 is 14.0 Å². The summed E-state index contributed by atoms with van der Waals surface area (Å²) in [5, 5.41) is 10.3. The van der Waals surface area contributed by atoms with E-state index in [0.29, 0.717) is 24.5 Å². The van der Waals surface area contributed by atoms with E-state index in [1.54, 1.807) is 6.33 Å². The molecule has 1 atom stereocenters. The minimum atomic E-state index is -1.12. The molecular weight excluding hydrogens is 468 g/mol. The fraction of sp³-hybridized carbons (Fsp3) is 0.500. The molecule has 1 aliphatic heterocycles. The SMILES string of the molecule is COC(=O)c1c(N2CCC(CO)C2)sc(-c2ccc3c(c2)ncn3COCC[Si](C)(C)C)c1N. The Morgan fingerprint density at radius 2 is 2.15 bits per heavy atom. The lowest BCUT2D eigenvalue weighted by atomic mass is 10.1. The van der Waals surface area contributed by atoms with Gasteiger partial charge in [0.1, 0.15) is 17.3 Å². The molecule has 3 heterocycles. The lowest BCUT2D eigenvalue weighted by Gasteiger charge is -2.17. The molecule has 0 spiro atoms. The summed E-state index contributed by atoms with van der Waals surface area (Å²) in [6.07, 6.45) is 2.68. The van der Waals surface area contributed by atoms with Crippen molar-refractivity contribution in [2.24, 2.45) is 5.92 Å². The van der Waals surface area contributed by atoms with Crippen molar-refractivity contribution in [3.05, 3.63) is 30.1 Å². The lowest BCUT2D eigenvalue weighted by molar-refractivity contribution is 0.0603. The number of fused-ring (bicyclic) bond motifs is 1. The van der Waals surface area contributed by atoms with Crippen LogP contribution in [0.2, 0.25) is 25.7 Å². The predicted molar refractivity (Wildman–Crippen MR) is 140 cm³/mol. The van der Waals surface area contributed by atoms with Crippen LogP contribution in [0.3, 0.4) is 0 Å². The largest absolute Gasteiger partial charge is 0.465 e. The molecule has 8 nitrogen and oxygen atoms in total. The molecule has 1 saturated heterocycles. The molecule has 1 fully saturated rings. The quantitative estimate of drug-likeness (QED) is 0.256. The van der Waals surface area contributed by atoms with Gasteiger partial charge in [-0.3, -0.25) is 0 Å². The fourth-order valence-electron chi connectivity index (χ4n) is 4.18. The molecule has 2 aromatic heterocycles. The number of hydrogen-bond acceptors (Lipinski definition) is 8. The number of carbonyl (C=O) groups excluding carboxylic acids is 1. The lowest BCUT2D eigenvalue weighted by Crippen LogP contribution is -2.22. The third-order valence-electron chi connectivity index (χ3n) is 6.26. The Morgan fingerprint density at radius 1 is 1.35 bits per heavy atom. The third-order valence-corrected chi connectivity index (χ3v) is 9.28. The second-order valence-electron chi connectivity index (χ2n) is 10.1. The van der Waals surface area contributed by atoms with E-state index in [9.17, 15) is 9.90 Å². The maximum absolute atomic E-state index is 12.6. The number of aliphatic hydroxyl groups excluding tert-OH is 1. The number of rotatable bonds is 9. The van der Waals surface area contributed by atoms with Gasteiger partial charge in [-0.15, -0.1) is 11.3 Å². The highest BCUT2D eigenvalue weighted by Gasteiger charge is 2.31. The summed E-state index contributed by atoms with van der Waals surface area (Å²) >= 11 is 1.49. The number of nitrogens with zero attached hydrogens (tertiary/aromatic N) is 3. The van der Waals surface area contributed by atoms with E-state index in [0.717, 1.165) is 52.1 Å². The second kappa shape index (κ2) is 10.1. The summed E-state index contributed by atoms with van der Waals surface area (Å²) in [6, 6.07) is 7.16. The summed E-state index contributed by atoms with van der Waals surface area (Å²) in [6.45, 7) is 9.85. The number of nitrogens with two attached hydrogens (primary N) is 1. The number of carbonyl (C=O) groups is 1. The number of benzene rings is 1. The Hall–Kier alpha value is -2.40. The summed E-state index contributed by atoms with van der Waals surface area (Å²) < 4.78 is 12.9. The Kier molecular flexibility index (Phi) is 7.32. The third kappa shape index (κ3) is 5.14. The van der Waals surface area contributed by atoms with E-state index in [1.807, 2.05) is 22.8 Å². The highest BCUT2D eigenvalue weighted by atomic mass is 32.1. The van der Waals surface area contributed by atoms with Gasteiger partial charge in [0.05, 0.1) is 35.0 Å². The average molecular weight is 503 g/mol. The van der Waals surface area contributed by atoms with Crippen LogP contribution in [0.1, 0.15) is 16.8 Å². The van der Waals surface area contributed by atoms with E-state index in [-0.39, 0.29) is 12.5 Å². The Morgan fingerprint density at radius 3 is 2.82 bits per heavy atom. The first-order chi connectivity index (χ1) is 16.2. The number of aliphatic hydroxyl groups is 1. The molecule has 1 aliphatic rings. The number of aromatic nitrogens is 2. The van der Waals surface area contributed by atoms with Gasteiger partial charge in [-0.1, -0.05) is 25.7 Å². The molecule has 4 rings (SSSR count). The van der Waals surface area contributed by atoms with Crippen molar-refractivity contribution in [3.63, 3.8) is 0 Å². The summed E-state index contributed by atoms with van der Waals surface area (Å²) in [5.74, 6) is -0.242. The van der Waals surface area contributed by atoms with Crippen LogP contribution < -0.4 is 10.6 Å². The normalized spacial score (nSPS) is 16.5. The number of ether oxygens (including phenoxy) is 2. The standard InChI is InChI=1S/C24H34N4O4SSi/c1-31-24(30)20-21(25)22(33-23(20)27-8-7-16(12-27)13-29)17-5-6-19-18(11-17)26-14-28(19)15-32-9-10-34(2,3)4/h5-6,11,14,16,29H,7-10,12-13,15,25H2,1-4H3. The van der Waals surface area contributed by atoms with Crippen molar-refractivity contribution in [1.29, 1.82) is 0 Å². The van der Waals surface area contributed by atoms with Crippen LogP contribution in [0.5, 0.6) is 0 Å². The first-order valence-corrected chi connectivity index (χ1v) is 16.1. The van der Waals surface area contributed by atoms with Crippen LogP contribution in [0, 0.1) is 5.92 Å². The molecule has 0 aliphatic carbocycles. The van der Waals surface area contributed by atoms with Gasteiger partial charge in [0.15, 0.2) is 0 Å². The second-order valence-corrected chi connectivity index (χ2v) is 16.7. The molecule has 1 aromatic carbocycles. The topological polar surface area (TPSA) is 103 Å². The van der Waals surface area contributed by atoms with Crippen molar-refractivity contribution in [3.8, 4) is 10.4 Å². The Bertz CT molecular complexity index is 1170. The maximum atomic E-state index is 12.6. The van der Waals surface area contributed by atoms with Crippen molar-refractivity contribution >= 4 is 47.1 Å². The summed E-state index contributed by atoms with van der Waals surface area (Å²) in [4.78, 5) is 20.1. The predicted octanol–water partition coefficient (Wildman–Crippen LogP) is 4.26. The van der Waals surface area contributed by atoms with Crippen LogP contribution in [0.4, 0.5) is 10.7 Å². The number of imidazole rings is 1. The van der Waals surface area contributed by atoms with Gasteiger partial charge in [0.25, 0.3) is 0 Å². The molecule has 3 aromatic rings. The number of anilines is 2. The highest BCUT2D eigenvalue weighted by Crippen LogP contribution is 2.46. The molecular formula is C24H34N4O4SSi. The van der Waals surface area contributed by atoms with E-state index in [2.05, 4.69) is 29.5 Å². The molecule has 1 unspecified atom stereocenters. The minimum absolute atomic E-state index is 0.138.